The first-order valence-electron chi connectivity index (χ1n) is 1.63. The summed E-state index contributed by atoms with van der Waals surface area (Å²) < 4.78 is 31.6. The highest BCUT2D eigenvalue weighted by molar-refractivity contribution is 7.79. The highest BCUT2D eigenvalue weighted by Crippen LogP contribution is 1.59. The van der Waals surface area contributed by atoms with Gasteiger partial charge in [-0.05, 0) is 0 Å². The second kappa shape index (κ2) is 4.24. The monoisotopic (exact) mass is 158 g/mol. The number of aliphatic carboxylic acids is 1. The molecule has 9 heavy (non-hydrogen) atoms. The first-order chi connectivity index (χ1) is 3.73. The van der Waals surface area contributed by atoms with Crippen molar-refractivity contribution in [2.24, 2.45) is 0 Å². The molecule has 7 heteroatoms. The van der Waals surface area contributed by atoms with Crippen LogP contribution in [0.3, 0.4) is 0 Å². The van der Waals surface area contributed by atoms with Crippen LogP contribution < -0.4 is 0 Å². The fourth-order valence-corrected chi connectivity index (χ4v) is 0. The molecule has 0 bridgehead atoms. The number of carboxylic acids is 1. The smallest absolute Gasteiger partial charge is 0.394 e. The molecule has 0 aromatic heterocycles. The van der Waals surface area contributed by atoms with Crippen molar-refractivity contribution < 1.29 is 27.4 Å². The van der Waals surface area contributed by atoms with E-state index in [2.05, 4.69) is 0 Å². The van der Waals surface area contributed by atoms with E-state index in [1.165, 1.54) is 0 Å². The average molecular weight is 158 g/mol. The molecule has 0 amide bonds. The zero-order chi connectivity index (χ0) is 8.08. The maximum Gasteiger partial charge on any atom is 0.394 e. The van der Waals surface area contributed by atoms with Crippen LogP contribution in [0.4, 0.5) is 0 Å². The second-order valence-corrected chi connectivity index (χ2v) is 1.86. The highest BCUT2D eigenvalue weighted by Gasteiger charge is 1.84. The van der Waals surface area contributed by atoms with Gasteiger partial charge in [-0.15, -0.1) is 0 Å². The Bertz CT molecular complexity index is 153. The highest BCUT2D eigenvalue weighted by atomic mass is 32.3. The lowest BCUT2D eigenvalue weighted by molar-refractivity contribution is -0.134. The summed E-state index contributed by atoms with van der Waals surface area (Å²) in [6.45, 7) is 1.08. The molecule has 3 N–H and O–H groups in total. The molecule has 0 aliphatic heterocycles. The molecule has 0 fully saturated rings. The molecular formula is C2H6O6S. The van der Waals surface area contributed by atoms with Gasteiger partial charge in [0.15, 0.2) is 0 Å². The third-order valence-corrected chi connectivity index (χ3v) is 0. The van der Waals surface area contributed by atoms with Gasteiger partial charge in [-0.25, -0.2) is 0 Å². The van der Waals surface area contributed by atoms with Crippen LogP contribution in [-0.4, -0.2) is 28.6 Å². The van der Waals surface area contributed by atoms with Crippen molar-refractivity contribution >= 4 is 16.4 Å². The van der Waals surface area contributed by atoms with E-state index in [1.54, 1.807) is 0 Å². The van der Waals surface area contributed by atoms with Crippen LogP contribution in [0.15, 0.2) is 0 Å². The second-order valence-electron chi connectivity index (χ2n) is 0.967. The molecule has 0 atom stereocenters. The molecule has 0 aromatic carbocycles. The maximum atomic E-state index is 9.00. The summed E-state index contributed by atoms with van der Waals surface area (Å²) in [4.78, 5) is 9.00. The zero-order valence-electron chi connectivity index (χ0n) is 4.47. The summed E-state index contributed by atoms with van der Waals surface area (Å²) in [5.41, 5.74) is 0. The van der Waals surface area contributed by atoms with Gasteiger partial charge in [-0.3, -0.25) is 13.9 Å². The van der Waals surface area contributed by atoms with Crippen LogP contribution in [0.2, 0.25) is 0 Å². The number of carboxylic acid groups (broad SMARTS) is 1. The Balaban J connectivity index is 0. The standard InChI is InChI=1S/C2H4O2.H2O4S/c1-2(3)4;1-5(2,3)4/h1H3,(H,3,4);(H2,1,2,3,4). The van der Waals surface area contributed by atoms with Crippen molar-refractivity contribution in [1.29, 1.82) is 0 Å². The molecule has 6 nitrogen and oxygen atoms in total. The van der Waals surface area contributed by atoms with Crippen molar-refractivity contribution in [2.45, 2.75) is 6.92 Å². The van der Waals surface area contributed by atoms with E-state index < -0.39 is 16.4 Å². The third kappa shape index (κ3) is 480. The fraction of sp³-hybridized carbons (Fsp3) is 0.500. The van der Waals surface area contributed by atoms with E-state index in [9.17, 15) is 0 Å². The van der Waals surface area contributed by atoms with Crippen LogP contribution in [0, 0.1) is 0 Å². The van der Waals surface area contributed by atoms with Crippen LogP contribution in [0.1, 0.15) is 6.92 Å². The molecule has 0 saturated carbocycles. The van der Waals surface area contributed by atoms with Crippen LogP contribution >= 0.6 is 0 Å². The van der Waals surface area contributed by atoms with Crippen LogP contribution in [0.5, 0.6) is 0 Å². The lowest BCUT2D eigenvalue weighted by Gasteiger charge is -1.68. The molecule has 0 heterocycles. The predicted octanol–water partition coefficient (Wildman–Crippen LogP) is -0.562. The minimum Gasteiger partial charge on any atom is -0.481 e. The molecule has 0 aliphatic rings. The van der Waals surface area contributed by atoms with Gasteiger partial charge in [-0.1, -0.05) is 0 Å². The lowest BCUT2D eigenvalue weighted by atomic mass is 10.9. The summed E-state index contributed by atoms with van der Waals surface area (Å²) >= 11 is 0. The Morgan fingerprint density at radius 3 is 1.33 bits per heavy atom. The summed E-state index contributed by atoms with van der Waals surface area (Å²) in [6.07, 6.45) is 0. The molecular weight excluding hydrogens is 152 g/mol. The maximum absolute atomic E-state index is 9.00. The van der Waals surface area contributed by atoms with Gasteiger partial charge in [0, 0.05) is 6.92 Å². The number of carbonyl (C=O) groups is 1. The Morgan fingerprint density at radius 2 is 1.33 bits per heavy atom. The van der Waals surface area contributed by atoms with Crippen molar-refractivity contribution in [3.63, 3.8) is 0 Å². The van der Waals surface area contributed by atoms with E-state index in [1.807, 2.05) is 0 Å². The van der Waals surface area contributed by atoms with E-state index in [4.69, 9.17) is 27.4 Å². The Hall–Kier alpha value is -0.660. The quantitative estimate of drug-likeness (QED) is 0.407. The average Bonchev–Trinajstić information content (AvgIpc) is 1.19. The molecule has 0 aliphatic carbocycles. The van der Waals surface area contributed by atoms with Gasteiger partial charge < -0.3 is 5.11 Å². The topological polar surface area (TPSA) is 112 Å². The summed E-state index contributed by atoms with van der Waals surface area (Å²) in [5.74, 6) is -0.833. The Labute approximate surface area is 51.7 Å². The minimum atomic E-state index is -4.67. The van der Waals surface area contributed by atoms with Gasteiger partial charge >= 0.3 is 10.4 Å². The zero-order valence-corrected chi connectivity index (χ0v) is 5.29. The van der Waals surface area contributed by atoms with E-state index in [0.717, 1.165) is 6.92 Å². The van der Waals surface area contributed by atoms with Crippen molar-refractivity contribution in [3.8, 4) is 0 Å². The lowest BCUT2D eigenvalue weighted by Crippen LogP contribution is -1.89. The Kier molecular flexibility index (Phi) is 5.27. The third-order valence-electron chi connectivity index (χ3n) is 0. The summed E-state index contributed by atoms with van der Waals surface area (Å²) in [6, 6.07) is 0. The molecule has 0 spiro atoms. The summed E-state index contributed by atoms with van der Waals surface area (Å²) in [7, 11) is -4.67. The van der Waals surface area contributed by atoms with Gasteiger partial charge in [0.25, 0.3) is 5.97 Å². The molecule has 0 aromatic rings. The van der Waals surface area contributed by atoms with Gasteiger partial charge in [-0.2, -0.15) is 8.42 Å². The number of rotatable bonds is 0. The minimum absolute atomic E-state index is 0.833. The molecule has 56 valence electrons. The first-order valence-corrected chi connectivity index (χ1v) is 3.02. The number of hydrogen-bond acceptors (Lipinski definition) is 3. The normalized spacial score (nSPS) is 9.22. The van der Waals surface area contributed by atoms with Gasteiger partial charge in [0.05, 0.1) is 0 Å². The summed E-state index contributed by atoms with van der Waals surface area (Å²) in [5, 5.41) is 7.42. The predicted molar refractivity (Wildman–Crippen MR) is 27.5 cm³/mol. The fourth-order valence-electron chi connectivity index (χ4n) is 0. The Morgan fingerprint density at radius 1 is 1.33 bits per heavy atom. The van der Waals surface area contributed by atoms with Crippen molar-refractivity contribution in [3.05, 3.63) is 0 Å². The van der Waals surface area contributed by atoms with Crippen LogP contribution in [-0.2, 0) is 15.2 Å². The molecule has 0 radical (unpaired) electrons. The largest absolute Gasteiger partial charge is 0.481 e. The SMILES string of the molecule is CC(=O)O.O=S(=O)(O)O. The van der Waals surface area contributed by atoms with Crippen molar-refractivity contribution in [1.82, 2.24) is 0 Å². The van der Waals surface area contributed by atoms with Crippen molar-refractivity contribution in [2.75, 3.05) is 0 Å². The van der Waals surface area contributed by atoms with E-state index in [-0.39, 0.29) is 0 Å². The van der Waals surface area contributed by atoms with E-state index >= 15 is 0 Å². The van der Waals surface area contributed by atoms with E-state index in [0.29, 0.717) is 0 Å². The molecule has 0 saturated heterocycles. The van der Waals surface area contributed by atoms with Crippen LogP contribution in [0.25, 0.3) is 0 Å². The number of hydrogen-bond donors (Lipinski definition) is 3. The van der Waals surface area contributed by atoms with Gasteiger partial charge in [0.1, 0.15) is 0 Å². The first kappa shape index (κ1) is 11.2. The molecule has 0 unspecified atom stereocenters. The van der Waals surface area contributed by atoms with Gasteiger partial charge in [0.2, 0.25) is 0 Å². The molecule has 0 rings (SSSR count).